The molecule has 2 heterocycles. The number of nitrogens with zero attached hydrogens (tertiary/aromatic N) is 1. The smallest absolute Gasteiger partial charge is 0.129 e. The minimum Gasteiger partial charge on any atom is -0.316 e. The van der Waals surface area contributed by atoms with Crippen LogP contribution in [0.3, 0.4) is 0 Å². The summed E-state index contributed by atoms with van der Waals surface area (Å²) in [6.45, 7) is 1.52. The highest BCUT2D eigenvalue weighted by Gasteiger charge is 2.31. The van der Waals surface area contributed by atoms with Gasteiger partial charge in [0, 0.05) is 12.6 Å². The zero-order chi connectivity index (χ0) is 10.7. The molecule has 0 aliphatic carbocycles. The van der Waals surface area contributed by atoms with Crippen LogP contribution < -0.4 is 5.32 Å². The molecule has 0 spiro atoms. The summed E-state index contributed by atoms with van der Waals surface area (Å²) in [6, 6.07) is 3.56. The van der Waals surface area contributed by atoms with Gasteiger partial charge < -0.3 is 5.32 Å². The van der Waals surface area contributed by atoms with Gasteiger partial charge in [-0.2, -0.15) is 0 Å². The highest BCUT2D eigenvalue weighted by molar-refractivity contribution is 6.29. The van der Waals surface area contributed by atoms with E-state index in [2.05, 4.69) is 10.3 Å². The van der Waals surface area contributed by atoms with Gasteiger partial charge in [0.05, 0.1) is 0 Å². The number of rotatable bonds is 2. The van der Waals surface area contributed by atoms with Gasteiger partial charge in [0.15, 0.2) is 0 Å². The average Bonchev–Trinajstić information content (AvgIpc) is 2.22. The second kappa shape index (κ2) is 4.45. The molecule has 15 heavy (non-hydrogen) atoms. The molecule has 1 aromatic rings. The van der Waals surface area contributed by atoms with E-state index in [0.29, 0.717) is 24.4 Å². The van der Waals surface area contributed by atoms with Gasteiger partial charge in [-0.1, -0.05) is 17.7 Å². The van der Waals surface area contributed by atoms with Crippen LogP contribution in [-0.4, -0.2) is 23.7 Å². The molecular weight excluding hydrogens is 215 g/mol. The van der Waals surface area contributed by atoms with Crippen LogP contribution in [0.25, 0.3) is 0 Å². The van der Waals surface area contributed by atoms with E-state index in [-0.39, 0.29) is 0 Å². The zero-order valence-corrected chi connectivity index (χ0v) is 9.23. The minimum absolute atomic E-state index is 0.443. The van der Waals surface area contributed by atoms with E-state index in [0.717, 1.165) is 18.7 Å². The third-order valence-electron chi connectivity index (χ3n) is 2.81. The summed E-state index contributed by atoms with van der Waals surface area (Å²) in [5.74, 6) is 0. The first-order valence-corrected chi connectivity index (χ1v) is 5.56. The number of alkyl halides is 1. The normalized spacial score (nSPS) is 20.1. The molecule has 0 amide bonds. The van der Waals surface area contributed by atoms with E-state index in [1.165, 1.54) is 0 Å². The molecule has 2 rings (SSSR count). The molecule has 4 heteroatoms. The Labute approximate surface area is 93.9 Å². The largest absolute Gasteiger partial charge is 0.316 e. The van der Waals surface area contributed by atoms with Crippen LogP contribution in [-0.2, 0) is 6.42 Å². The second-order valence-corrected chi connectivity index (χ2v) is 4.45. The summed E-state index contributed by atoms with van der Waals surface area (Å²) >= 11 is 5.67. The van der Waals surface area contributed by atoms with E-state index in [4.69, 9.17) is 11.6 Å². The maximum atomic E-state index is 14.3. The summed E-state index contributed by atoms with van der Waals surface area (Å²) in [6.07, 6.45) is 3.26. The van der Waals surface area contributed by atoms with Crippen molar-refractivity contribution >= 4 is 11.6 Å². The minimum atomic E-state index is -1.07. The quantitative estimate of drug-likeness (QED) is 0.787. The highest BCUT2D eigenvalue weighted by Crippen LogP contribution is 2.27. The Balaban J connectivity index is 2.03. The fourth-order valence-corrected chi connectivity index (χ4v) is 2.04. The van der Waals surface area contributed by atoms with E-state index in [1.807, 2.05) is 6.07 Å². The fourth-order valence-electron chi connectivity index (χ4n) is 1.93. The van der Waals surface area contributed by atoms with Crippen molar-refractivity contribution < 1.29 is 4.39 Å². The first-order valence-electron chi connectivity index (χ1n) is 5.18. The molecule has 0 saturated carbocycles. The van der Waals surface area contributed by atoms with Crippen LogP contribution in [0, 0.1) is 0 Å². The summed E-state index contributed by atoms with van der Waals surface area (Å²) in [5, 5.41) is 3.61. The topological polar surface area (TPSA) is 24.9 Å². The molecule has 0 radical (unpaired) electrons. The van der Waals surface area contributed by atoms with Gasteiger partial charge in [-0.3, -0.25) is 0 Å². The van der Waals surface area contributed by atoms with Crippen LogP contribution in [0.1, 0.15) is 18.4 Å². The summed E-state index contributed by atoms with van der Waals surface area (Å²) < 4.78 is 14.3. The molecule has 0 aromatic carbocycles. The van der Waals surface area contributed by atoms with Crippen LogP contribution in [0.2, 0.25) is 5.15 Å². The number of hydrogen-bond acceptors (Lipinski definition) is 2. The molecule has 1 fully saturated rings. The van der Waals surface area contributed by atoms with Crippen molar-refractivity contribution in [2.24, 2.45) is 0 Å². The average molecular weight is 229 g/mol. The third kappa shape index (κ3) is 2.89. The summed E-state index contributed by atoms with van der Waals surface area (Å²) in [7, 11) is 0. The molecule has 1 aromatic heterocycles. The first kappa shape index (κ1) is 10.8. The fraction of sp³-hybridized carbons (Fsp3) is 0.545. The predicted octanol–water partition coefficient (Wildman–Crippen LogP) is 2.37. The number of nitrogens with one attached hydrogen (secondary N) is 1. The molecule has 82 valence electrons. The van der Waals surface area contributed by atoms with E-state index < -0.39 is 5.67 Å². The lowest BCUT2D eigenvalue weighted by Crippen LogP contribution is -2.40. The Hall–Kier alpha value is -0.670. The standard InChI is InChI=1S/C11H14ClFN2/c12-10-2-1-9(8-15-10)7-11(13)3-5-14-6-4-11/h1-2,8,14H,3-7H2. The van der Waals surface area contributed by atoms with Crippen molar-refractivity contribution in [2.75, 3.05) is 13.1 Å². The molecule has 1 N–H and O–H groups in total. The molecule has 2 nitrogen and oxygen atoms in total. The van der Waals surface area contributed by atoms with Crippen LogP contribution >= 0.6 is 11.6 Å². The third-order valence-corrected chi connectivity index (χ3v) is 3.03. The summed E-state index contributed by atoms with van der Waals surface area (Å²) in [5.41, 5.74) is -0.149. The molecule has 1 aliphatic heterocycles. The Morgan fingerprint density at radius 1 is 1.40 bits per heavy atom. The van der Waals surface area contributed by atoms with E-state index in [9.17, 15) is 4.39 Å². The number of halogens is 2. The van der Waals surface area contributed by atoms with Gasteiger partial charge in [0.1, 0.15) is 10.8 Å². The Morgan fingerprint density at radius 2 is 2.13 bits per heavy atom. The van der Waals surface area contributed by atoms with Crippen molar-refractivity contribution in [3.05, 3.63) is 29.0 Å². The lowest BCUT2D eigenvalue weighted by molar-refractivity contribution is 0.116. The Morgan fingerprint density at radius 3 is 2.73 bits per heavy atom. The highest BCUT2D eigenvalue weighted by atomic mass is 35.5. The lowest BCUT2D eigenvalue weighted by atomic mass is 9.88. The SMILES string of the molecule is FC1(Cc2ccc(Cl)nc2)CCNCC1. The number of pyridine rings is 1. The monoisotopic (exact) mass is 228 g/mol. The maximum absolute atomic E-state index is 14.3. The molecule has 1 saturated heterocycles. The van der Waals surface area contributed by atoms with Crippen molar-refractivity contribution in [2.45, 2.75) is 24.9 Å². The van der Waals surface area contributed by atoms with Crippen molar-refractivity contribution in [1.82, 2.24) is 10.3 Å². The van der Waals surface area contributed by atoms with Crippen LogP contribution in [0.5, 0.6) is 0 Å². The lowest BCUT2D eigenvalue weighted by Gasteiger charge is -2.29. The van der Waals surface area contributed by atoms with Gasteiger partial charge in [-0.25, -0.2) is 9.37 Å². The van der Waals surface area contributed by atoms with Gasteiger partial charge >= 0.3 is 0 Å². The van der Waals surface area contributed by atoms with E-state index in [1.54, 1.807) is 12.3 Å². The Kier molecular flexibility index (Phi) is 3.22. The first-order chi connectivity index (χ1) is 7.18. The van der Waals surface area contributed by atoms with Gasteiger partial charge in [-0.15, -0.1) is 0 Å². The molecule has 0 unspecified atom stereocenters. The molecular formula is C11H14ClFN2. The van der Waals surface area contributed by atoms with Crippen molar-refractivity contribution in [3.63, 3.8) is 0 Å². The van der Waals surface area contributed by atoms with Gasteiger partial charge in [0.25, 0.3) is 0 Å². The number of aromatic nitrogens is 1. The maximum Gasteiger partial charge on any atom is 0.129 e. The summed E-state index contributed by atoms with van der Waals surface area (Å²) in [4.78, 5) is 3.96. The van der Waals surface area contributed by atoms with Crippen molar-refractivity contribution in [3.8, 4) is 0 Å². The second-order valence-electron chi connectivity index (χ2n) is 4.07. The Bertz CT molecular complexity index is 320. The number of hydrogen-bond donors (Lipinski definition) is 1. The van der Waals surface area contributed by atoms with Crippen LogP contribution in [0.4, 0.5) is 4.39 Å². The number of piperidine rings is 1. The van der Waals surface area contributed by atoms with E-state index >= 15 is 0 Å². The van der Waals surface area contributed by atoms with Crippen molar-refractivity contribution in [1.29, 1.82) is 0 Å². The van der Waals surface area contributed by atoms with Crippen LogP contribution in [0.15, 0.2) is 18.3 Å². The predicted molar refractivity (Wildman–Crippen MR) is 58.9 cm³/mol. The van der Waals surface area contributed by atoms with Gasteiger partial charge in [0.2, 0.25) is 0 Å². The molecule has 1 aliphatic rings. The molecule has 0 bridgehead atoms. The van der Waals surface area contributed by atoms with Gasteiger partial charge in [-0.05, 0) is 37.6 Å². The zero-order valence-electron chi connectivity index (χ0n) is 8.47. The molecule has 0 atom stereocenters.